The first-order chi connectivity index (χ1) is 5.36. The average Bonchev–Trinajstić information content (AvgIpc) is 2.04. The van der Waals surface area contributed by atoms with Gasteiger partial charge in [-0.05, 0) is 18.9 Å². The highest BCUT2D eigenvalue weighted by Gasteiger charge is 2.16. The van der Waals surface area contributed by atoms with Crippen LogP contribution in [0.1, 0.15) is 12.0 Å². The largest absolute Gasteiger partial charge is 0.463 e. The van der Waals surface area contributed by atoms with Gasteiger partial charge in [-0.2, -0.15) is 0 Å². The van der Waals surface area contributed by atoms with Crippen molar-refractivity contribution in [2.24, 2.45) is 0 Å². The Hall–Kier alpha value is -0.700. The Bertz CT molecular complexity index is 264. The molecule has 0 bridgehead atoms. The smallest absolute Gasteiger partial charge is 0.217 e. The highest BCUT2D eigenvalue weighted by Crippen LogP contribution is 2.25. The number of fused-ring (bicyclic) bond motifs is 1. The van der Waals surface area contributed by atoms with Crippen LogP contribution in [0.15, 0.2) is 18.3 Å². The summed E-state index contributed by atoms with van der Waals surface area (Å²) in [4.78, 5) is 4.10. The van der Waals surface area contributed by atoms with Crippen molar-refractivity contribution in [1.29, 1.82) is 0 Å². The molecule has 1 aliphatic heterocycles. The Morgan fingerprint density at radius 1 is 1.64 bits per heavy atom. The van der Waals surface area contributed by atoms with E-state index < -0.39 is 0 Å². The van der Waals surface area contributed by atoms with Gasteiger partial charge >= 0.3 is 0 Å². The van der Waals surface area contributed by atoms with Gasteiger partial charge in [0.2, 0.25) is 5.88 Å². The van der Waals surface area contributed by atoms with Gasteiger partial charge in [-0.1, -0.05) is 6.07 Å². The van der Waals surface area contributed by atoms with Gasteiger partial charge in [0.15, 0.2) is 0 Å². The maximum Gasteiger partial charge on any atom is 0.217 e. The predicted octanol–water partition coefficient (Wildman–Crippen LogP) is 1.66. The molecule has 0 fully saturated rings. The summed E-state index contributed by atoms with van der Waals surface area (Å²) in [5.41, 5.74) is 1.22. The molecule has 1 aliphatic rings. The number of hydrogen-bond acceptors (Lipinski definition) is 3. The van der Waals surface area contributed by atoms with E-state index in [1.54, 1.807) is 6.20 Å². The maximum absolute atomic E-state index is 5.38. The molecule has 1 unspecified atom stereocenters. The van der Waals surface area contributed by atoms with E-state index in [0.717, 1.165) is 18.7 Å². The lowest BCUT2D eigenvalue weighted by Gasteiger charge is -2.20. The highest BCUT2D eigenvalue weighted by molar-refractivity contribution is 7.80. The van der Waals surface area contributed by atoms with Crippen molar-refractivity contribution in [2.75, 3.05) is 0 Å². The monoisotopic (exact) mass is 167 g/mol. The van der Waals surface area contributed by atoms with Crippen molar-refractivity contribution in [3.63, 3.8) is 0 Å². The predicted molar refractivity (Wildman–Crippen MR) is 46.0 cm³/mol. The van der Waals surface area contributed by atoms with Gasteiger partial charge in [0.05, 0.1) is 0 Å². The molecule has 2 heterocycles. The second kappa shape index (κ2) is 2.74. The van der Waals surface area contributed by atoms with Crippen LogP contribution in [0, 0.1) is 0 Å². The van der Waals surface area contributed by atoms with E-state index in [1.807, 2.05) is 12.1 Å². The van der Waals surface area contributed by atoms with Crippen molar-refractivity contribution < 1.29 is 4.74 Å². The SMILES string of the molecule is SC1CCc2cccnc2O1. The molecule has 0 spiro atoms. The van der Waals surface area contributed by atoms with Crippen molar-refractivity contribution in [2.45, 2.75) is 18.3 Å². The molecule has 0 amide bonds. The summed E-state index contributed by atoms with van der Waals surface area (Å²) in [5, 5.41) is 0. The minimum atomic E-state index is 0.0254. The number of hydrogen-bond donors (Lipinski definition) is 1. The number of ether oxygens (including phenoxy) is 1. The van der Waals surface area contributed by atoms with E-state index in [-0.39, 0.29) is 5.44 Å². The first-order valence-electron chi connectivity index (χ1n) is 3.65. The molecule has 0 aromatic carbocycles. The summed E-state index contributed by atoms with van der Waals surface area (Å²) in [5.74, 6) is 0.749. The molecule has 2 nitrogen and oxygen atoms in total. The summed E-state index contributed by atoms with van der Waals surface area (Å²) in [6.45, 7) is 0. The highest BCUT2D eigenvalue weighted by atomic mass is 32.1. The van der Waals surface area contributed by atoms with Crippen molar-refractivity contribution >= 4 is 12.6 Å². The lowest BCUT2D eigenvalue weighted by atomic mass is 10.1. The minimum Gasteiger partial charge on any atom is -0.463 e. The Morgan fingerprint density at radius 3 is 3.45 bits per heavy atom. The molecular weight excluding hydrogens is 158 g/mol. The molecule has 1 aromatic heterocycles. The van der Waals surface area contributed by atoms with Crippen molar-refractivity contribution in [3.8, 4) is 5.88 Å². The number of thiol groups is 1. The molecule has 1 aromatic rings. The molecule has 0 saturated carbocycles. The Labute approximate surface area is 71.0 Å². The van der Waals surface area contributed by atoms with Crippen LogP contribution < -0.4 is 4.74 Å². The van der Waals surface area contributed by atoms with E-state index in [4.69, 9.17) is 4.74 Å². The van der Waals surface area contributed by atoms with Gasteiger partial charge in [0, 0.05) is 11.8 Å². The second-order valence-corrected chi connectivity index (χ2v) is 3.15. The molecule has 11 heavy (non-hydrogen) atoms. The van der Waals surface area contributed by atoms with E-state index in [1.165, 1.54) is 5.56 Å². The van der Waals surface area contributed by atoms with Crippen LogP contribution in [0.2, 0.25) is 0 Å². The lowest BCUT2D eigenvalue weighted by molar-refractivity contribution is 0.247. The van der Waals surface area contributed by atoms with Crippen LogP contribution in [0.5, 0.6) is 5.88 Å². The van der Waals surface area contributed by atoms with Gasteiger partial charge in [0.25, 0.3) is 0 Å². The van der Waals surface area contributed by atoms with E-state index in [2.05, 4.69) is 17.6 Å². The van der Waals surface area contributed by atoms with Crippen molar-refractivity contribution in [3.05, 3.63) is 23.9 Å². The van der Waals surface area contributed by atoms with E-state index in [9.17, 15) is 0 Å². The zero-order valence-corrected chi connectivity index (χ0v) is 6.92. The third-order valence-electron chi connectivity index (χ3n) is 1.76. The van der Waals surface area contributed by atoms with Gasteiger partial charge in [0.1, 0.15) is 5.44 Å². The van der Waals surface area contributed by atoms with Crippen LogP contribution in [0.4, 0.5) is 0 Å². The normalized spacial score (nSPS) is 22.1. The van der Waals surface area contributed by atoms with E-state index in [0.29, 0.717) is 0 Å². The summed E-state index contributed by atoms with van der Waals surface area (Å²) in [6, 6.07) is 3.98. The summed E-state index contributed by atoms with van der Waals surface area (Å²) in [6.07, 6.45) is 3.74. The zero-order valence-electron chi connectivity index (χ0n) is 6.03. The molecule has 0 radical (unpaired) electrons. The maximum atomic E-state index is 5.38. The third-order valence-corrected chi connectivity index (χ3v) is 2.12. The molecule has 3 heteroatoms. The Kier molecular flexibility index (Phi) is 1.74. The second-order valence-electron chi connectivity index (χ2n) is 2.58. The fourth-order valence-corrected chi connectivity index (χ4v) is 1.42. The van der Waals surface area contributed by atoms with Crippen LogP contribution in [0.3, 0.4) is 0 Å². The Morgan fingerprint density at radius 2 is 2.55 bits per heavy atom. The van der Waals surface area contributed by atoms with Crippen LogP contribution in [-0.4, -0.2) is 10.4 Å². The van der Waals surface area contributed by atoms with Gasteiger partial charge in [-0.15, -0.1) is 12.6 Å². The summed E-state index contributed by atoms with van der Waals surface area (Å²) >= 11 is 4.22. The quantitative estimate of drug-likeness (QED) is 0.594. The molecule has 58 valence electrons. The zero-order chi connectivity index (χ0) is 7.68. The van der Waals surface area contributed by atoms with Gasteiger partial charge in [-0.3, -0.25) is 0 Å². The number of aryl methyl sites for hydroxylation is 1. The van der Waals surface area contributed by atoms with Gasteiger partial charge in [-0.25, -0.2) is 4.98 Å². The molecule has 1 atom stereocenters. The average molecular weight is 167 g/mol. The fraction of sp³-hybridized carbons (Fsp3) is 0.375. The molecule has 0 aliphatic carbocycles. The molecule has 0 N–H and O–H groups in total. The minimum absolute atomic E-state index is 0.0254. The topological polar surface area (TPSA) is 22.1 Å². The molecular formula is C8H9NOS. The number of nitrogens with zero attached hydrogens (tertiary/aromatic N) is 1. The van der Waals surface area contributed by atoms with Crippen molar-refractivity contribution in [1.82, 2.24) is 4.98 Å². The van der Waals surface area contributed by atoms with E-state index >= 15 is 0 Å². The fourth-order valence-electron chi connectivity index (χ4n) is 1.19. The number of aromatic nitrogens is 1. The van der Waals surface area contributed by atoms with Gasteiger partial charge < -0.3 is 4.74 Å². The summed E-state index contributed by atoms with van der Waals surface area (Å²) in [7, 11) is 0. The molecule has 0 saturated heterocycles. The number of pyridine rings is 1. The summed E-state index contributed by atoms with van der Waals surface area (Å²) < 4.78 is 5.38. The first kappa shape index (κ1) is 6.98. The third kappa shape index (κ3) is 1.33. The standard InChI is InChI=1S/C8H9NOS/c11-7-4-3-6-2-1-5-9-8(6)10-7/h1-2,5,7,11H,3-4H2. The van der Waals surface area contributed by atoms with Crippen LogP contribution >= 0.6 is 12.6 Å². The first-order valence-corrected chi connectivity index (χ1v) is 4.16. The van der Waals surface area contributed by atoms with Crippen LogP contribution in [0.25, 0.3) is 0 Å². The lowest BCUT2D eigenvalue weighted by Crippen LogP contribution is -2.17. The molecule has 2 rings (SSSR count). The Balaban J connectivity index is 2.34. The number of rotatable bonds is 0. The van der Waals surface area contributed by atoms with Crippen LogP contribution in [-0.2, 0) is 6.42 Å².